The number of rotatable bonds is 7. The molecule has 1 unspecified atom stereocenters. The number of nitrogens with zero attached hydrogens (tertiary/aromatic N) is 1. The number of aromatic nitrogens is 1. The molecule has 2 N–H and O–H groups in total. The Bertz CT molecular complexity index is 484. The molecule has 1 aliphatic rings. The molecule has 5 nitrogen and oxygen atoms in total. The molecule has 0 radical (unpaired) electrons. The molecule has 0 aliphatic carbocycles. The van der Waals surface area contributed by atoms with Crippen LogP contribution in [0.4, 0.5) is 0 Å². The van der Waals surface area contributed by atoms with Crippen molar-refractivity contribution in [3.8, 4) is 0 Å². The maximum atomic E-state index is 11.9. The van der Waals surface area contributed by atoms with Crippen LogP contribution in [0.3, 0.4) is 0 Å². The number of piperidine rings is 1. The van der Waals surface area contributed by atoms with Gasteiger partial charge in [-0.1, -0.05) is 12.5 Å². The quantitative estimate of drug-likeness (QED) is 0.790. The van der Waals surface area contributed by atoms with Gasteiger partial charge in [-0.15, -0.1) is 0 Å². The molecule has 0 spiro atoms. The Hall–Kier alpha value is -0.980. The number of sulfonamides is 1. The van der Waals surface area contributed by atoms with Gasteiger partial charge in [0.05, 0.1) is 5.75 Å². The van der Waals surface area contributed by atoms with Gasteiger partial charge in [-0.3, -0.25) is 4.98 Å². The Morgan fingerprint density at radius 3 is 3.00 bits per heavy atom. The van der Waals surface area contributed by atoms with Gasteiger partial charge in [0.15, 0.2) is 0 Å². The first kappa shape index (κ1) is 15.4. The van der Waals surface area contributed by atoms with Crippen LogP contribution in [0.1, 0.15) is 31.2 Å². The second-order valence-corrected chi connectivity index (χ2v) is 7.19. The van der Waals surface area contributed by atoms with E-state index < -0.39 is 10.0 Å². The van der Waals surface area contributed by atoms with Gasteiger partial charge in [-0.2, -0.15) is 0 Å². The van der Waals surface area contributed by atoms with Gasteiger partial charge in [0.2, 0.25) is 10.0 Å². The van der Waals surface area contributed by atoms with Gasteiger partial charge in [-0.05, 0) is 43.9 Å². The first-order valence-corrected chi connectivity index (χ1v) is 8.90. The normalized spacial score (nSPS) is 19.9. The van der Waals surface area contributed by atoms with E-state index in [1.807, 2.05) is 12.1 Å². The summed E-state index contributed by atoms with van der Waals surface area (Å²) in [5, 5.41) is 3.37. The molecule has 1 saturated heterocycles. The third-order valence-electron chi connectivity index (χ3n) is 3.61. The predicted octanol–water partition coefficient (Wildman–Crippen LogP) is 1.08. The van der Waals surface area contributed by atoms with Crippen LogP contribution < -0.4 is 10.0 Å². The van der Waals surface area contributed by atoms with Crippen molar-refractivity contribution in [2.75, 3.05) is 18.8 Å². The lowest BCUT2D eigenvalue weighted by Gasteiger charge is -2.23. The fraction of sp³-hybridized carbons (Fsp3) is 0.643. The summed E-state index contributed by atoms with van der Waals surface area (Å²) in [6, 6.07) is 4.17. The van der Waals surface area contributed by atoms with Gasteiger partial charge >= 0.3 is 0 Å². The summed E-state index contributed by atoms with van der Waals surface area (Å²) in [6.07, 6.45) is 8.34. The molecule has 0 aromatic carbocycles. The van der Waals surface area contributed by atoms with Crippen molar-refractivity contribution < 1.29 is 8.42 Å². The predicted molar refractivity (Wildman–Crippen MR) is 80.0 cm³/mol. The highest BCUT2D eigenvalue weighted by atomic mass is 32.2. The molecule has 2 rings (SSSR count). The van der Waals surface area contributed by atoms with Crippen LogP contribution in [0.25, 0.3) is 0 Å². The van der Waals surface area contributed by atoms with Crippen molar-refractivity contribution in [3.63, 3.8) is 0 Å². The minimum atomic E-state index is -3.16. The van der Waals surface area contributed by atoms with E-state index in [4.69, 9.17) is 0 Å². The topological polar surface area (TPSA) is 71.1 Å². The van der Waals surface area contributed by atoms with Crippen LogP contribution in [0.5, 0.6) is 0 Å². The molecule has 1 aliphatic heterocycles. The smallest absolute Gasteiger partial charge is 0.211 e. The van der Waals surface area contributed by atoms with Crippen LogP contribution in [0.15, 0.2) is 24.5 Å². The second kappa shape index (κ2) is 7.71. The molecule has 20 heavy (non-hydrogen) atoms. The first-order valence-electron chi connectivity index (χ1n) is 7.25. The van der Waals surface area contributed by atoms with Gasteiger partial charge in [-0.25, -0.2) is 13.1 Å². The first-order chi connectivity index (χ1) is 9.66. The van der Waals surface area contributed by atoms with Crippen molar-refractivity contribution in [2.45, 2.75) is 38.1 Å². The maximum Gasteiger partial charge on any atom is 0.211 e. The van der Waals surface area contributed by atoms with E-state index in [2.05, 4.69) is 15.0 Å². The standard InChI is InChI=1S/C14H23N3O2S/c18-20(19,11-7-14-5-1-2-9-16-14)17-10-6-13-4-3-8-15-12-13/h3-4,8,12,14,16-17H,1-2,5-7,9-11H2. The highest BCUT2D eigenvalue weighted by Crippen LogP contribution is 2.10. The summed E-state index contributed by atoms with van der Waals surface area (Å²) in [6.45, 7) is 1.45. The molecular weight excluding hydrogens is 274 g/mol. The number of hydrogen-bond acceptors (Lipinski definition) is 4. The van der Waals surface area contributed by atoms with E-state index in [1.54, 1.807) is 12.4 Å². The van der Waals surface area contributed by atoms with E-state index in [9.17, 15) is 8.42 Å². The molecule has 112 valence electrons. The summed E-state index contributed by atoms with van der Waals surface area (Å²) >= 11 is 0. The Labute approximate surface area is 121 Å². The third kappa shape index (κ3) is 5.56. The zero-order chi connectivity index (χ0) is 14.3. The van der Waals surface area contributed by atoms with E-state index in [0.29, 0.717) is 25.4 Å². The molecule has 1 aromatic rings. The second-order valence-electron chi connectivity index (χ2n) is 5.26. The van der Waals surface area contributed by atoms with Gasteiger partial charge in [0.25, 0.3) is 0 Å². The average molecular weight is 297 g/mol. The Kier molecular flexibility index (Phi) is 5.94. The fourth-order valence-corrected chi connectivity index (χ4v) is 3.59. The van der Waals surface area contributed by atoms with Crippen molar-refractivity contribution in [2.24, 2.45) is 0 Å². The van der Waals surface area contributed by atoms with E-state index in [-0.39, 0.29) is 5.75 Å². The van der Waals surface area contributed by atoms with Crippen molar-refractivity contribution in [1.29, 1.82) is 0 Å². The largest absolute Gasteiger partial charge is 0.314 e. The summed E-state index contributed by atoms with van der Waals surface area (Å²) in [7, 11) is -3.16. The molecule has 1 atom stereocenters. The SMILES string of the molecule is O=S(=O)(CCC1CCCCN1)NCCc1cccnc1. The van der Waals surface area contributed by atoms with Crippen LogP contribution in [-0.2, 0) is 16.4 Å². The summed E-state index contributed by atoms with van der Waals surface area (Å²) in [5.41, 5.74) is 1.05. The van der Waals surface area contributed by atoms with Crippen molar-refractivity contribution in [3.05, 3.63) is 30.1 Å². The lowest BCUT2D eigenvalue weighted by molar-refractivity contribution is 0.392. The monoisotopic (exact) mass is 297 g/mol. The number of nitrogens with one attached hydrogen (secondary N) is 2. The zero-order valence-corrected chi connectivity index (χ0v) is 12.5. The molecule has 0 amide bonds. The van der Waals surface area contributed by atoms with E-state index in [0.717, 1.165) is 18.5 Å². The summed E-state index contributed by atoms with van der Waals surface area (Å²) in [4.78, 5) is 4.01. The fourth-order valence-electron chi connectivity index (χ4n) is 2.44. The van der Waals surface area contributed by atoms with Gasteiger partial charge in [0, 0.05) is 25.0 Å². The zero-order valence-electron chi connectivity index (χ0n) is 11.7. The molecule has 2 heterocycles. The van der Waals surface area contributed by atoms with Crippen molar-refractivity contribution in [1.82, 2.24) is 15.0 Å². The highest BCUT2D eigenvalue weighted by molar-refractivity contribution is 7.89. The maximum absolute atomic E-state index is 11.9. The average Bonchev–Trinajstić information content (AvgIpc) is 2.47. The van der Waals surface area contributed by atoms with Crippen molar-refractivity contribution >= 4 is 10.0 Å². The van der Waals surface area contributed by atoms with Gasteiger partial charge in [0.1, 0.15) is 0 Å². The molecule has 1 fully saturated rings. The van der Waals surface area contributed by atoms with E-state index >= 15 is 0 Å². The summed E-state index contributed by atoms with van der Waals surface area (Å²) < 4.78 is 26.5. The molecule has 1 aromatic heterocycles. The Balaban J connectivity index is 1.68. The Morgan fingerprint density at radius 2 is 2.30 bits per heavy atom. The van der Waals surface area contributed by atoms with E-state index in [1.165, 1.54) is 12.8 Å². The number of pyridine rings is 1. The third-order valence-corrected chi connectivity index (χ3v) is 5.02. The lowest BCUT2D eigenvalue weighted by Crippen LogP contribution is -2.37. The Morgan fingerprint density at radius 1 is 1.40 bits per heavy atom. The summed E-state index contributed by atoms with van der Waals surface area (Å²) in [5.74, 6) is 0.206. The van der Waals surface area contributed by atoms with Crippen LogP contribution >= 0.6 is 0 Å². The minimum Gasteiger partial charge on any atom is -0.314 e. The lowest BCUT2D eigenvalue weighted by atomic mass is 10.0. The highest BCUT2D eigenvalue weighted by Gasteiger charge is 2.16. The van der Waals surface area contributed by atoms with Crippen LogP contribution in [-0.4, -0.2) is 38.3 Å². The van der Waals surface area contributed by atoms with Crippen LogP contribution in [0, 0.1) is 0 Å². The molecule has 6 heteroatoms. The van der Waals surface area contributed by atoms with Gasteiger partial charge < -0.3 is 5.32 Å². The molecular formula is C14H23N3O2S. The molecule has 0 saturated carbocycles. The van der Waals surface area contributed by atoms with Crippen LogP contribution in [0.2, 0.25) is 0 Å². The number of hydrogen-bond donors (Lipinski definition) is 2. The minimum absolute atomic E-state index is 0.206. The molecule has 0 bridgehead atoms.